The molecular weight excluding hydrogens is 401 g/mol. The van der Waals surface area contributed by atoms with Gasteiger partial charge in [0.05, 0.1) is 16.7 Å². The Hall–Kier alpha value is -3.23. The van der Waals surface area contributed by atoms with E-state index < -0.39 is 29.8 Å². The van der Waals surface area contributed by atoms with E-state index in [-0.39, 0.29) is 17.2 Å². The van der Waals surface area contributed by atoms with Crippen LogP contribution in [0, 0.1) is 0 Å². The fourth-order valence-corrected chi connectivity index (χ4v) is 3.32. The number of ether oxygens (including phenoxy) is 2. The number of hydrogen-bond acceptors (Lipinski definition) is 6. The second kappa shape index (κ2) is 8.64. The number of nitrogens with two attached hydrogens (primary N) is 2. The van der Waals surface area contributed by atoms with Crippen molar-refractivity contribution in [3.8, 4) is 0 Å². The van der Waals surface area contributed by atoms with Gasteiger partial charge in [-0.1, -0.05) is 6.07 Å². The van der Waals surface area contributed by atoms with Gasteiger partial charge in [-0.2, -0.15) is 13.2 Å². The first-order valence-electron chi connectivity index (χ1n) is 9.37. The van der Waals surface area contributed by atoms with Gasteiger partial charge in [-0.25, -0.2) is 9.59 Å². The summed E-state index contributed by atoms with van der Waals surface area (Å²) in [5.41, 5.74) is 11.3. The molecule has 2 aromatic rings. The largest absolute Gasteiger partial charge is 0.459 e. The SMILES string of the molecule is Nc1cc(N)cc(C(=O)OC2CCC(OC(=O)c3cccc(C(F)(F)F)c3)CC2)c1. The van der Waals surface area contributed by atoms with Crippen molar-refractivity contribution in [2.45, 2.75) is 44.1 Å². The van der Waals surface area contributed by atoms with E-state index in [4.69, 9.17) is 20.9 Å². The van der Waals surface area contributed by atoms with Crippen LogP contribution in [0.1, 0.15) is 52.0 Å². The van der Waals surface area contributed by atoms with E-state index in [9.17, 15) is 22.8 Å². The van der Waals surface area contributed by atoms with Gasteiger partial charge in [-0.3, -0.25) is 0 Å². The summed E-state index contributed by atoms with van der Waals surface area (Å²) in [6.07, 6.45) is -3.56. The number of anilines is 2. The van der Waals surface area contributed by atoms with Crippen molar-refractivity contribution in [3.05, 3.63) is 59.2 Å². The number of hydrogen-bond donors (Lipinski definition) is 2. The maximum atomic E-state index is 12.8. The molecule has 0 unspecified atom stereocenters. The van der Waals surface area contributed by atoms with Gasteiger partial charge in [0.2, 0.25) is 0 Å². The second-order valence-electron chi connectivity index (χ2n) is 7.18. The molecule has 1 saturated carbocycles. The van der Waals surface area contributed by atoms with Crippen LogP contribution in [0.25, 0.3) is 0 Å². The molecule has 0 heterocycles. The molecule has 0 bridgehead atoms. The minimum Gasteiger partial charge on any atom is -0.459 e. The van der Waals surface area contributed by atoms with Crippen LogP contribution in [0.2, 0.25) is 0 Å². The molecule has 0 aliphatic heterocycles. The van der Waals surface area contributed by atoms with Gasteiger partial charge in [0.25, 0.3) is 0 Å². The van der Waals surface area contributed by atoms with Crippen molar-refractivity contribution in [1.29, 1.82) is 0 Å². The smallest absolute Gasteiger partial charge is 0.416 e. The number of carbonyl (C=O) groups excluding carboxylic acids is 2. The quantitative estimate of drug-likeness (QED) is 0.565. The van der Waals surface area contributed by atoms with Crippen LogP contribution in [0.4, 0.5) is 24.5 Å². The molecule has 0 saturated heterocycles. The number of alkyl halides is 3. The molecule has 0 radical (unpaired) electrons. The van der Waals surface area contributed by atoms with Gasteiger partial charge in [-0.15, -0.1) is 0 Å². The highest BCUT2D eigenvalue weighted by atomic mass is 19.4. The van der Waals surface area contributed by atoms with Crippen molar-refractivity contribution in [2.24, 2.45) is 0 Å². The lowest BCUT2D eigenvalue weighted by Gasteiger charge is -2.28. The molecule has 30 heavy (non-hydrogen) atoms. The lowest BCUT2D eigenvalue weighted by atomic mass is 9.94. The molecule has 1 aliphatic carbocycles. The van der Waals surface area contributed by atoms with Crippen LogP contribution in [-0.2, 0) is 15.7 Å². The zero-order chi connectivity index (χ0) is 21.9. The van der Waals surface area contributed by atoms with Gasteiger partial charge >= 0.3 is 18.1 Å². The lowest BCUT2D eigenvalue weighted by Crippen LogP contribution is -2.30. The fourth-order valence-electron chi connectivity index (χ4n) is 3.32. The van der Waals surface area contributed by atoms with Gasteiger partial charge in [0, 0.05) is 11.4 Å². The summed E-state index contributed by atoms with van der Waals surface area (Å²) in [6, 6.07) is 8.58. The third kappa shape index (κ3) is 5.43. The van der Waals surface area contributed by atoms with E-state index in [0.717, 1.165) is 12.1 Å². The van der Waals surface area contributed by atoms with Gasteiger partial charge in [0.15, 0.2) is 0 Å². The summed E-state index contributed by atoms with van der Waals surface area (Å²) in [4.78, 5) is 24.5. The Morgan fingerprint density at radius 1 is 0.800 bits per heavy atom. The van der Waals surface area contributed by atoms with Crippen molar-refractivity contribution in [1.82, 2.24) is 0 Å². The molecule has 6 nitrogen and oxygen atoms in total. The first-order valence-corrected chi connectivity index (χ1v) is 9.37. The van der Waals surface area contributed by atoms with E-state index >= 15 is 0 Å². The highest BCUT2D eigenvalue weighted by Gasteiger charge is 2.32. The highest BCUT2D eigenvalue weighted by Crippen LogP contribution is 2.30. The van der Waals surface area contributed by atoms with E-state index in [1.165, 1.54) is 30.3 Å². The standard InChI is InChI=1S/C21H21F3N2O4/c22-21(23,24)14-3-1-2-12(8-14)19(27)29-17-4-6-18(7-5-17)30-20(28)13-9-15(25)11-16(26)10-13/h1-3,8-11,17-18H,4-7,25-26H2. The Morgan fingerprint density at radius 3 is 1.80 bits per heavy atom. The normalized spacial score (nSPS) is 19.2. The molecule has 160 valence electrons. The number of carbonyl (C=O) groups is 2. The molecule has 3 rings (SSSR count). The molecule has 0 amide bonds. The summed E-state index contributed by atoms with van der Waals surface area (Å²) < 4.78 is 49.2. The summed E-state index contributed by atoms with van der Waals surface area (Å²) in [7, 11) is 0. The molecule has 2 aromatic carbocycles. The van der Waals surface area contributed by atoms with Crippen LogP contribution < -0.4 is 11.5 Å². The summed E-state index contributed by atoms with van der Waals surface area (Å²) in [5, 5.41) is 0. The Morgan fingerprint density at radius 2 is 1.30 bits per heavy atom. The van der Waals surface area contributed by atoms with Crippen LogP contribution in [0.15, 0.2) is 42.5 Å². The van der Waals surface area contributed by atoms with E-state index in [0.29, 0.717) is 37.1 Å². The number of nitrogen functional groups attached to an aromatic ring is 2. The minimum atomic E-state index is -4.54. The van der Waals surface area contributed by atoms with Crippen LogP contribution in [0.5, 0.6) is 0 Å². The number of esters is 2. The predicted molar refractivity (Wildman–Crippen MR) is 104 cm³/mol. The molecule has 0 spiro atoms. The molecular formula is C21H21F3N2O4. The van der Waals surface area contributed by atoms with Gasteiger partial charge in [-0.05, 0) is 62.1 Å². The Balaban J connectivity index is 1.52. The third-order valence-corrected chi connectivity index (χ3v) is 4.81. The number of rotatable bonds is 4. The summed E-state index contributed by atoms with van der Waals surface area (Å²) in [5.74, 6) is -1.35. The molecule has 9 heteroatoms. The average molecular weight is 422 g/mol. The summed E-state index contributed by atoms with van der Waals surface area (Å²) >= 11 is 0. The van der Waals surface area contributed by atoms with Gasteiger partial charge < -0.3 is 20.9 Å². The van der Waals surface area contributed by atoms with E-state index in [1.54, 1.807) is 0 Å². The molecule has 1 aliphatic rings. The molecule has 0 aromatic heterocycles. The molecule has 0 atom stereocenters. The van der Waals surface area contributed by atoms with Crippen molar-refractivity contribution >= 4 is 23.3 Å². The van der Waals surface area contributed by atoms with Crippen LogP contribution >= 0.6 is 0 Å². The third-order valence-electron chi connectivity index (χ3n) is 4.81. The van der Waals surface area contributed by atoms with Crippen molar-refractivity contribution < 1.29 is 32.2 Å². The zero-order valence-electron chi connectivity index (χ0n) is 15.9. The monoisotopic (exact) mass is 422 g/mol. The first-order chi connectivity index (χ1) is 14.1. The maximum absolute atomic E-state index is 12.8. The zero-order valence-corrected chi connectivity index (χ0v) is 15.9. The first kappa shape index (κ1) is 21.5. The van der Waals surface area contributed by atoms with Gasteiger partial charge in [0.1, 0.15) is 12.2 Å². The maximum Gasteiger partial charge on any atom is 0.416 e. The topological polar surface area (TPSA) is 105 Å². The van der Waals surface area contributed by atoms with Crippen molar-refractivity contribution in [3.63, 3.8) is 0 Å². The van der Waals surface area contributed by atoms with Crippen LogP contribution in [-0.4, -0.2) is 24.1 Å². The Labute approximate surface area is 170 Å². The number of halogens is 3. The van der Waals surface area contributed by atoms with Crippen LogP contribution in [0.3, 0.4) is 0 Å². The fraction of sp³-hybridized carbons (Fsp3) is 0.333. The lowest BCUT2D eigenvalue weighted by molar-refractivity contribution is -0.137. The Kier molecular flexibility index (Phi) is 6.19. The number of benzene rings is 2. The summed E-state index contributed by atoms with van der Waals surface area (Å²) in [6.45, 7) is 0. The average Bonchev–Trinajstić information content (AvgIpc) is 2.68. The molecule has 4 N–H and O–H groups in total. The minimum absolute atomic E-state index is 0.155. The predicted octanol–water partition coefficient (Wildman–Crippen LogP) is 4.19. The van der Waals surface area contributed by atoms with E-state index in [1.807, 2.05) is 0 Å². The molecule has 1 fully saturated rings. The van der Waals surface area contributed by atoms with E-state index in [2.05, 4.69) is 0 Å². The van der Waals surface area contributed by atoms with Crippen molar-refractivity contribution in [2.75, 3.05) is 11.5 Å². The second-order valence-corrected chi connectivity index (χ2v) is 7.18. The Bertz CT molecular complexity index is 918. The highest BCUT2D eigenvalue weighted by molar-refractivity contribution is 5.92.